The highest BCUT2D eigenvalue weighted by atomic mass is 16.5. The first-order chi connectivity index (χ1) is 5.91. The van der Waals surface area contributed by atoms with Crippen molar-refractivity contribution in [2.45, 2.75) is 27.2 Å². The number of hydrogen-bond donors (Lipinski definition) is 0. The summed E-state index contributed by atoms with van der Waals surface area (Å²) in [5.41, 5.74) is 1.38. The van der Waals surface area contributed by atoms with E-state index < -0.39 is 0 Å². The zero-order valence-corrected chi connectivity index (χ0v) is 8.89. The van der Waals surface area contributed by atoms with Gasteiger partial charge in [-0.1, -0.05) is 32.9 Å². The van der Waals surface area contributed by atoms with Crippen LogP contribution in [0.3, 0.4) is 0 Å². The monoisotopic (exact) mass is 182 g/mol. The first kappa shape index (κ1) is 10.3. The van der Waals surface area contributed by atoms with Crippen molar-refractivity contribution in [3.63, 3.8) is 0 Å². The van der Waals surface area contributed by atoms with E-state index in [1.807, 2.05) is 0 Å². The fourth-order valence-corrected chi connectivity index (χ4v) is 2.04. The summed E-state index contributed by atoms with van der Waals surface area (Å²) in [6.45, 7) is 10.5. The Bertz CT molecular complexity index is 240. The number of methoxy groups -OCH3 is 1. The molecular formula is C11H18O2. The highest BCUT2D eigenvalue weighted by Crippen LogP contribution is 2.55. The average Bonchev–Trinajstić information content (AvgIpc) is 2.12. The van der Waals surface area contributed by atoms with Gasteiger partial charge in [0.25, 0.3) is 0 Å². The molecule has 0 aromatic carbocycles. The van der Waals surface area contributed by atoms with E-state index in [1.165, 1.54) is 12.7 Å². The van der Waals surface area contributed by atoms with Gasteiger partial charge in [0, 0.05) is 0 Å². The molecule has 0 saturated heterocycles. The number of hydrogen-bond acceptors (Lipinski definition) is 2. The van der Waals surface area contributed by atoms with Crippen LogP contribution < -0.4 is 0 Å². The zero-order valence-electron chi connectivity index (χ0n) is 8.89. The van der Waals surface area contributed by atoms with Crippen LogP contribution in [0.1, 0.15) is 27.2 Å². The molecule has 0 unspecified atom stereocenters. The Balaban J connectivity index is 2.57. The van der Waals surface area contributed by atoms with Gasteiger partial charge in [-0.3, -0.25) is 4.79 Å². The van der Waals surface area contributed by atoms with Crippen molar-refractivity contribution in [3.8, 4) is 0 Å². The second-order valence-corrected chi connectivity index (χ2v) is 4.42. The molecule has 1 aliphatic rings. The van der Waals surface area contributed by atoms with Gasteiger partial charge in [-0.25, -0.2) is 0 Å². The number of allylic oxidation sites excluding steroid dienone is 1. The lowest BCUT2D eigenvalue weighted by Gasteiger charge is -2.52. The summed E-state index contributed by atoms with van der Waals surface area (Å²) in [5, 5.41) is 0. The quantitative estimate of drug-likeness (QED) is 0.484. The molecule has 1 rings (SSSR count). The molecular weight excluding hydrogens is 164 g/mol. The van der Waals surface area contributed by atoms with Gasteiger partial charge in [-0.15, -0.1) is 0 Å². The lowest BCUT2D eigenvalue weighted by atomic mass is 9.52. The van der Waals surface area contributed by atoms with Gasteiger partial charge in [-0.05, 0) is 17.3 Å². The van der Waals surface area contributed by atoms with Gasteiger partial charge in [0.05, 0.1) is 13.5 Å². The fourth-order valence-electron chi connectivity index (χ4n) is 2.04. The summed E-state index contributed by atoms with van der Waals surface area (Å²) in [7, 11) is 1.43. The van der Waals surface area contributed by atoms with E-state index in [1.54, 1.807) is 0 Å². The van der Waals surface area contributed by atoms with E-state index in [2.05, 4.69) is 32.1 Å². The smallest absolute Gasteiger partial charge is 0.306 e. The Labute approximate surface area is 80.0 Å². The van der Waals surface area contributed by atoms with E-state index in [0.717, 1.165) is 0 Å². The first-order valence-electron chi connectivity index (χ1n) is 4.67. The molecule has 1 aliphatic carbocycles. The van der Waals surface area contributed by atoms with Crippen LogP contribution in [0.15, 0.2) is 12.2 Å². The summed E-state index contributed by atoms with van der Waals surface area (Å²) in [6.07, 6.45) is 0.486. The standard InChI is InChI=1S/C11H18O2/c1-7-9(6-10(12)13-5)8(2)11(7,3)4/h8-9H,1,6H2,2-5H3/t8-,9+/m0/s1. The molecule has 0 bridgehead atoms. The molecule has 0 spiro atoms. The molecule has 2 nitrogen and oxygen atoms in total. The summed E-state index contributed by atoms with van der Waals surface area (Å²) < 4.78 is 4.64. The third kappa shape index (κ3) is 1.50. The first-order valence-corrected chi connectivity index (χ1v) is 4.67. The average molecular weight is 182 g/mol. The van der Waals surface area contributed by atoms with Gasteiger partial charge >= 0.3 is 5.97 Å². The zero-order chi connectivity index (χ0) is 10.2. The van der Waals surface area contributed by atoms with Crippen LogP contribution in [-0.4, -0.2) is 13.1 Å². The minimum Gasteiger partial charge on any atom is -0.469 e. The van der Waals surface area contributed by atoms with E-state index in [-0.39, 0.29) is 11.4 Å². The molecule has 0 aliphatic heterocycles. The molecule has 0 amide bonds. The Hall–Kier alpha value is -0.790. The maximum atomic E-state index is 11.1. The van der Waals surface area contributed by atoms with Crippen molar-refractivity contribution in [1.82, 2.24) is 0 Å². The third-order valence-corrected chi connectivity index (χ3v) is 3.63. The second-order valence-electron chi connectivity index (χ2n) is 4.42. The molecule has 0 aromatic heterocycles. The van der Waals surface area contributed by atoms with Crippen molar-refractivity contribution >= 4 is 5.97 Å². The summed E-state index contributed by atoms with van der Waals surface area (Å²) >= 11 is 0. The van der Waals surface area contributed by atoms with Gasteiger partial charge in [-0.2, -0.15) is 0 Å². The van der Waals surface area contributed by atoms with Crippen molar-refractivity contribution in [2.24, 2.45) is 17.3 Å². The predicted molar refractivity (Wildman–Crippen MR) is 52.2 cm³/mol. The van der Waals surface area contributed by atoms with Gasteiger partial charge in [0.2, 0.25) is 0 Å². The van der Waals surface area contributed by atoms with Crippen molar-refractivity contribution in [3.05, 3.63) is 12.2 Å². The summed E-state index contributed by atoms with van der Waals surface area (Å²) in [6, 6.07) is 0. The molecule has 0 radical (unpaired) electrons. The van der Waals surface area contributed by atoms with Crippen LogP contribution in [0.4, 0.5) is 0 Å². The molecule has 2 atom stereocenters. The van der Waals surface area contributed by atoms with Crippen LogP contribution in [-0.2, 0) is 9.53 Å². The fraction of sp³-hybridized carbons (Fsp3) is 0.727. The van der Waals surface area contributed by atoms with Crippen LogP contribution in [0, 0.1) is 17.3 Å². The lowest BCUT2D eigenvalue weighted by Crippen LogP contribution is -2.45. The van der Waals surface area contributed by atoms with Gasteiger partial charge in [0.15, 0.2) is 0 Å². The molecule has 0 aromatic rings. The van der Waals surface area contributed by atoms with Gasteiger partial charge < -0.3 is 4.74 Å². The predicted octanol–water partition coefficient (Wildman–Crippen LogP) is 2.40. The van der Waals surface area contributed by atoms with Crippen molar-refractivity contribution in [2.75, 3.05) is 7.11 Å². The maximum absolute atomic E-state index is 11.1. The minimum atomic E-state index is -0.131. The van der Waals surface area contributed by atoms with E-state index in [4.69, 9.17) is 0 Å². The van der Waals surface area contributed by atoms with Gasteiger partial charge in [0.1, 0.15) is 0 Å². The van der Waals surface area contributed by atoms with E-state index in [0.29, 0.717) is 18.3 Å². The molecule has 13 heavy (non-hydrogen) atoms. The van der Waals surface area contributed by atoms with Crippen LogP contribution in [0.2, 0.25) is 0 Å². The molecule has 1 saturated carbocycles. The minimum absolute atomic E-state index is 0.131. The van der Waals surface area contributed by atoms with Crippen molar-refractivity contribution in [1.29, 1.82) is 0 Å². The normalized spacial score (nSPS) is 30.9. The second kappa shape index (κ2) is 3.17. The lowest BCUT2D eigenvalue weighted by molar-refractivity contribution is -0.143. The number of ether oxygens (including phenoxy) is 1. The van der Waals surface area contributed by atoms with Crippen LogP contribution in [0.25, 0.3) is 0 Å². The number of esters is 1. The number of rotatable bonds is 2. The Kier molecular flexibility index (Phi) is 2.51. The summed E-state index contributed by atoms with van der Waals surface area (Å²) in [4.78, 5) is 11.1. The highest BCUT2D eigenvalue weighted by molar-refractivity contribution is 5.70. The number of carbonyl (C=O) groups is 1. The highest BCUT2D eigenvalue weighted by Gasteiger charge is 2.48. The largest absolute Gasteiger partial charge is 0.469 e. The summed E-state index contributed by atoms with van der Waals surface area (Å²) in [5.74, 6) is 0.718. The van der Waals surface area contributed by atoms with Crippen molar-refractivity contribution < 1.29 is 9.53 Å². The Morgan fingerprint density at radius 3 is 2.54 bits per heavy atom. The van der Waals surface area contributed by atoms with E-state index in [9.17, 15) is 4.79 Å². The van der Waals surface area contributed by atoms with Crippen LogP contribution >= 0.6 is 0 Å². The topological polar surface area (TPSA) is 26.3 Å². The molecule has 0 N–H and O–H groups in total. The number of carbonyl (C=O) groups excluding carboxylic acids is 1. The Morgan fingerprint density at radius 1 is 1.62 bits per heavy atom. The molecule has 2 heteroatoms. The molecule has 1 fully saturated rings. The molecule has 0 heterocycles. The Morgan fingerprint density at radius 2 is 2.15 bits per heavy atom. The van der Waals surface area contributed by atoms with E-state index >= 15 is 0 Å². The maximum Gasteiger partial charge on any atom is 0.306 e. The SMILES string of the molecule is C=C1[C@@H](CC(=O)OC)[C@H](C)C1(C)C. The van der Waals surface area contributed by atoms with Crippen LogP contribution in [0.5, 0.6) is 0 Å². The molecule has 74 valence electrons. The third-order valence-electron chi connectivity index (χ3n) is 3.63.